The van der Waals surface area contributed by atoms with Gasteiger partial charge in [0.15, 0.2) is 33.3 Å². The van der Waals surface area contributed by atoms with Crippen molar-refractivity contribution in [1.82, 2.24) is 0 Å². The summed E-state index contributed by atoms with van der Waals surface area (Å²) in [6, 6.07) is 39.0. The Labute approximate surface area is 281 Å². The Hall–Kier alpha value is -6.92. The maximum Gasteiger partial charge on any atom is 0.194 e. The highest BCUT2D eigenvalue weighted by Crippen LogP contribution is 2.32. The molecule has 0 unspecified atom stereocenters. The minimum atomic E-state index is -0.308. The Morgan fingerprint density at radius 3 is 0.880 bits per heavy atom. The monoisotopic (exact) mass is 646 g/mol. The van der Waals surface area contributed by atoms with Gasteiger partial charge in [-0.25, -0.2) is 0 Å². The zero-order valence-electron chi connectivity index (χ0n) is 26.2. The van der Waals surface area contributed by atoms with Gasteiger partial charge in [0.1, 0.15) is 0 Å². The van der Waals surface area contributed by atoms with Crippen LogP contribution < -0.4 is 21.7 Å². The highest BCUT2D eigenvalue weighted by atomic mass is 16.1. The van der Waals surface area contributed by atoms with Gasteiger partial charge < -0.3 is 0 Å². The molecule has 0 spiro atoms. The lowest BCUT2D eigenvalue weighted by molar-refractivity contribution is 0.0979. The van der Waals surface area contributed by atoms with E-state index in [9.17, 15) is 28.8 Å². The topological polar surface area (TPSA) is 102 Å². The number of hydrogen-bond donors (Lipinski definition) is 0. The SMILES string of the molecule is O=C1c2ccccc2C(=O)c2cc3cc4ccccc4cc3cc21.O=c1c2ccccc2c(=O)c2cc3c(=O)c4ccccc4c(=O)c3cc12. The summed E-state index contributed by atoms with van der Waals surface area (Å²) in [5.41, 5.74) is 0.761. The standard InChI is InChI=1S/C22H10O4.C22H12O2/c23-19-11-5-1-2-6-12(11)20(24)16-10-18-17(9-15(16)19)21(25)13-7-3-4-8-14(13)22(18)26;23-21-17-7-3-4-8-18(17)22(24)20-12-16-10-14-6-2-1-5-13(14)9-15(16)11-19(20)21/h1-10H;1-12H. The molecule has 0 saturated heterocycles. The quantitative estimate of drug-likeness (QED) is 0.159. The van der Waals surface area contributed by atoms with Gasteiger partial charge in [-0.05, 0) is 57.9 Å². The lowest BCUT2D eigenvalue weighted by Crippen LogP contribution is -2.20. The predicted molar refractivity (Wildman–Crippen MR) is 199 cm³/mol. The number of carbonyl (C=O) groups excluding carboxylic acids is 2. The third-order valence-electron chi connectivity index (χ3n) is 9.72. The minimum Gasteiger partial charge on any atom is -0.289 e. The van der Waals surface area contributed by atoms with Crippen molar-refractivity contribution >= 4 is 76.2 Å². The first-order valence-corrected chi connectivity index (χ1v) is 16.0. The summed E-state index contributed by atoms with van der Waals surface area (Å²) >= 11 is 0. The van der Waals surface area contributed by atoms with Crippen LogP contribution in [-0.4, -0.2) is 11.6 Å². The summed E-state index contributed by atoms with van der Waals surface area (Å²) in [7, 11) is 0. The molecule has 0 amide bonds. The van der Waals surface area contributed by atoms with Crippen LogP contribution in [-0.2, 0) is 0 Å². The lowest BCUT2D eigenvalue weighted by Gasteiger charge is -2.18. The Kier molecular flexibility index (Phi) is 6.32. The molecule has 9 aromatic rings. The van der Waals surface area contributed by atoms with Crippen LogP contribution in [0.1, 0.15) is 31.8 Å². The van der Waals surface area contributed by atoms with E-state index in [0.29, 0.717) is 43.8 Å². The van der Waals surface area contributed by atoms with Crippen molar-refractivity contribution in [3.05, 3.63) is 197 Å². The highest BCUT2D eigenvalue weighted by Gasteiger charge is 2.29. The van der Waals surface area contributed by atoms with Crippen LogP contribution >= 0.6 is 0 Å². The molecule has 1 aliphatic rings. The van der Waals surface area contributed by atoms with Crippen molar-refractivity contribution in [2.24, 2.45) is 0 Å². The molecule has 9 aromatic carbocycles. The average Bonchev–Trinajstić information content (AvgIpc) is 3.16. The van der Waals surface area contributed by atoms with Crippen molar-refractivity contribution in [2.75, 3.05) is 0 Å². The first kappa shape index (κ1) is 29.2. The highest BCUT2D eigenvalue weighted by molar-refractivity contribution is 6.29. The zero-order valence-corrected chi connectivity index (χ0v) is 26.2. The molecule has 0 aromatic heterocycles. The smallest absolute Gasteiger partial charge is 0.194 e. The number of carbonyl (C=O) groups is 2. The molecule has 0 atom stereocenters. The second-order valence-corrected chi connectivity index (χ2v) is 12.5. The van der Waals surface area contributed by atoms with E-state index in [-0.39, 0.29) is 54.8 Å². The molecule has 6 heteroatoms. The van der Waals surface area contributed by atoms with Gasteiger partial charge in [0.05, 0.1) is 0 Å². The first-order chi connectivity index (χ1) is 24.3. The number of fused-ring (bicyclic) bond motifs is 8. The lowest BCUT2D eigenvalue weighted by atomic mass is 9.82. The fourth-order valence-corrected chi connectivity index (χ4v) is 7.23. The second kappa shape index (κ2) is 10.8. The summed E-state index contributed by atoms with van der Waals surface area (Å²) in [6.07, 6.45) is 0. The summed E-state index contributed by atoms with van der Waals surface area (Å²) in [5.74, 6) is -0.148. The van der Waals surface area contributed by atoms with Crippen LogP contribution in [0.25, 0.3) is 64.6 Å². The van der Waals surface area contributed by atoms with Crippen LogP contribution in [0.15, 0.2) is 153 Å². The predicted octanol–water partition coefficient (Wildman–Crippen LogP) is 7.38. The molecule has 0 radical (unpaired) electrons. The van der Waals surface area contributed by atoms with E-state index in [1.54, 1.807) is 72.8 Å². The van der Waals surface area contributed by atoms with E-state index in [0.717, 1.165) is 21.5 Å². The summed E-state index contributed by atoms with van der Waals surface area (Å²) in [5, 5.41) is 6.18. The van der Waals surface area contributed by atoms with Gasteiger partial charge in [-0.3, -0.25) is 28.8 Å². The van der Waals surface area contributed by atoms with Crippen LogP contribution in [0.2, 0.25) is 0 Å². The summed E-state index contributed by atoms with van der Waals surface area (Å²) in [6.45, 7) is 0. The number of rotatable bonds is 0. The maximum absolute atomic E-state index is 12.8. The van der Waals surface area contributed by atoms with Crippen LogP contribution in [0, 0.1) is 0 Å². The van der Waals surface area contributed by atoms with E-state index in [4.69, 9.17) is 0 Å². The summed E-state index contributed by atoms with van der Waals surface area (Å²) in [4.78, 5) is 76.9. The molecule has 0 N–H and O–H groups in total. The third-order valence-corrected chi connectivity index (χ3v) is 9.72. The van der Waals surface area contributed by atoms with E-state index in [1.807, 2.05) is 24.3 Å². The van der Waals surface area contributed by atoms with Gasteiger partial charge in [-0.2, -0.15) is 0 Å². The summed E-state index contributed by atoms with van der Waals surface area (Å²) < 4.78 is 0. The maximum atomic E-state index is 12.8. The molecule has 0 bridgehead atoms. The third kappa shape index (κ3) is 4.22. The van der Waals surface area contributed by atoms with Gasteiger partial charge >= 0.3 is 0 Å². The normalized spacial score (nSPS) is 12.4. The molecule has 0 aliphatic heterocycles. The molecule has 1 aliphatic carbocycles. The van der Waals surface area contributed by atoms with Gasteiger partial charge in [0.25, 0.3) is 0 Å². The van der Waals surface area contributed by atoms with Crippen molar-refractivity contribution in [3.8, 4) is 0 Å². The molecule has 0 fully saturated rings. The molecule has 6 nitrogen and oxygen atoms in total. The Morgan fingerprint density at radius 2 is 0.540 bits per heavy atom. The van der Waals surface area contributed by atoms with Crippen LogP contribution in [0.3, 0.4) is 0 Å². The van der Waals surface area contributed by atoms with Crippen molar-refractivity contribution in [1.29, 1.82) is 0 Å². The Morgan fingerprint density at radius 1 is 0.240 bits per heavy atom. The number of ketones is 2. The molecule has 50 heavy (non-hydrogen) atoms. The molecular formula is C44H22O6. The van der Waals surface area contributed by atoms with Gasteiger partial charge in [0.2, 0.25) is 0 Å². The van der Waals surface area contributed by atoms with Gasteiger partial charge in [-0.15, -0.1) is 0 Å². The fraction of sp³-hybridized carbons (Fsp3) is 0. The first-order valence-electron chi connectivity index (χ1n) is 16.0. The zero-order chi connectivity index (χ0) is 34.3. The molecular weight excluding hydrogens is 624 g/mol. The van der Waals surface area contributed by atoms with Crippen LogP contribution in [0.5, 0.6) is 0 Å². The van der Waals surface area contributed by atoms with Crippen molar-refractivity contribution in [3.63, 3.8) is 0 Å². The van der Waals surface area contributed by atoms with Crippen molar-refractivity contribution in [2.45, 2.75) is 0 Å². The molecule has 10 rings (SSSR count). The van der Waals surface area contributed by atoms with E-state index in [1.165, 1.54) is 12.1 Å². The Bertz CT molecular complexity index is 2890. The molecule has 0 heterocycles. The number of benzene rings is 9. The second-order valence-electron chi connectivity index (χ2n) is 12.5. The van der Waals surface area contributed by atoms with Crippen molar-refractivity contribution < 1.29 is 9.59 Å². The minimum absolute atomic E-state index is 0.0738. The Balaban J connectivity index is 0.000000135. The van der Waals surface area contributed by atoms with E-state index < -0.39 is 0 Å². The van der Waals surface area contributed by atoms with Gasteiger partial charge in [0, 0.05) is 65.3 Å². The molecule has 0 saturated carbocycles. The van der Waals surface area contributed by atoms with Gasteiger partial charge in [-0.1, -0.05) is 97.1 Å². The fourth-order valence-electron chi connectivity index (χ4n) is 7.23. The average molecular weight is 647 g/mol. The molecule has 234 valence electrons. The largest absolute Gasteiger partial charge is 0.289 e. The van der Waals surface area contributed by atoms with E-state index in [2.05, 4.69) is 24.3 Å². The van der Waals surface area contributed by atoms with Crippen LogP contribution in [0.4, 0.5) is 0 Å². The number of hydrogen-bond acceptors (Lipinski definition) is 6. The van der Waals surface area contributed by atoms with E-state index >= 15 is 0 Å².